The third-order valence-electron chi connectivity index (χ3n) is 4.40. The van der Waals surface area contributed by atoms with Gasteiger partial charge in [0, 0.05) is 29.9 Å². The van der Waals surface area contributed by atoms with Crippen molar-refractivity contribution in [2.75, 3.05) is 5.32 Å². The number of amides is 1. The van der Waals surface area contributed by atoms with Crippen LogP contribution in [-0.2, 0) is 0 Å². The van der Waals surface area contributed by atoms with Gasteiger partial charge in [0.25, 0.3) is 0 Å². The Morgan fingerprint density at radius 1 is 1.06 bits per heavy atom. The van der Waals surface area contributed by atoms with Gasteiger partial charge in [-0.25, -0.2) is 15.0 Å². The van der Waals surface area contributed by atoms with Crippen LogP contribution in [0, 0.1) is 0 Å². The molecule has 4 rings (SSSR count). The van der Waals surface area contributed by atoms with Crippen molar-refractivity contribution in [3.8, 4) is 22.1 Å². The average Bonchev–Trinajstić information content (AvgIpc) is 3.19. The number of hydrogen-bond donors (Lipinski definition) is 2. The summed E-state index contributed by atoms with van der Waals surface area (Å²) in [5, 5.41) is 4.85. The Morgan fingerprint density at radius 3 is 2.55 bits per heavy atom. The van der Waals surface area contributed by atoms with E-state index in [1.807, 2.05) is 30.3 Å². The highest BCUT2D eigenvalue weighted by molar-refractivity contribution is 7.14. The van der Waals surface area contributed by atoms with E-state index in [-0.39, 0.29) is 0 Å². The highest BCUT2D eigenvalue weighted by Gasteiger charge is 2.17. The van der Waals surface area contributed by atoms with E-state index in [0.29, 0.717) is 28.9 Å². The number of rotatable bonds is 7. The first kappa shape index (κ1) is 20.5. The zero-order chi connectivity index (χ0) is 21.8. The lowest BCUT2D eigenvalue weighted by atomic mass is 10.1. The smallest absolute Gasteiger partial charge is 0.250 e. The fraction of sp³-hybridized carbons (Fsp3) is 0.130. The van der Waals surface area contributed by atoms with Crippen LogP contribution in [0.2, 0.25) is 0 Å². The number of ether oxygens (including phenoxy) is 1. The minimum atomic E-state index is -0.521. The Balaban J connectivity index is 1.58. The third-order valence-corrected chi connectivity index (χ3v) is 5.63. The molecule has 0 aliphatic carbocycles. The van der Waals surface area contributed by atoms with Gasteiger partial charge >= 0.3 is 0 Å². The highest BCUT2D eigenvalue weighted by atomic mass is 32.1. The topological polar surface area (TPSA) is 103 Å². The number of carbonyl (C=O) groups excluding carboxylic acids is 1. The molecule has 31 heavy (non-hydrogen) atoms. The maximum atomic E-state index is 11.2. The monoisotopic (exact) mass is 431 g/mol. The van der Waals surface area contributed by atoms with Crippen molar-refractivity contribution >= 4 is 28.9 Å². The number of nitrogens with one attached hydrogen (secondary N) is 1. The molecule has 0 unspecified atom stereocenters. The van der Waals surface area contributed by atoms with Crippen LogP contribution in [0.3, 0.4) is 0 Å². The lowest BCUT2D eigenvalue weighted by Gasteiger charge is -2.08. The lowest BCUT2D eigenvalue weighted by Crippen LogP contribution is -2.11. The van der Waals surface area contributed by atoms with Crippen LogP contribution in [0.5, 0.6) is 10.8 Å². The maximum absolute atomic E-state index is 11.2. The van der Waals surface area contributed by atoms with Crippen LogP contribution in [-0.4, -0.2) is 20.9 Å². The zero-order valence-corrected chi connectivity index (χ0v) is 17.9. The Labute approximate surface area is 184 Å². The molecule has 3 N–H and O–H groups in total. The summed E-state index contributed by atoms with van der Waals surface area (Å²) in [4.78, 5) is 24.5. The molecule has 0 radical (unpaired) electrons. The van der Waals surface area contributed by atoms with Gasteiger partial charge in [-0.3, -0.25) is 4.79 Å². The van der Waals surface area contributed by atoms with Crippen molar-refractivity contribution in [1.29, 1.82) is 0 Å². The molecule has 0 aliphatic rings. The van der Waals surface area contributed by atoms with Crippen molar-refractivity contribution in [2.24, 2.45) is 5.73 Å². The molecule has 156 valence electrons. The minimum absolute atomic E-state index is 0.300. The molecule has 0 saturated carbocycles. The summed E-state index contributed by atoms with van der Waals surface area (Å²) in [6.45, 7) is 4.23. The summed E-state index contributed by atoms with van der Waals surface area (Å²) < 4.78 is 6.22. The number of thiazole rings is 1. The van der Waals surface area contributed by atoms with Crippen molar-refractivity contribution in [1.82, 2.24) is 15.0 Å². The molecule has 3 heterocycles. The van der Waals surface area contributed by atoms with Gasteiger partial charge in [0.2, 0.25) is 11.0 Å². The van der Waals surface area contributed by atoms with Crippen LogP contribution in [0.1, 0.15) is 35.1 Å². The number of nitrogens with two attached hydrogens (primary N) is 1. The van der Waals surface area contributed by atoms with Gasteiger partial charge in [-0.05, 0) is 18.2 Å². The summed E-state index contributed by atoms with van der Waals surface area (Å²) >= 11 is 1.54. The van der Waals surface area contributed by atoms with E-state index in [4.69, 9.17) is 15.5 Å². The molecule has 1 aromatic carbocycles. The van der Waals surface area contributed by atoms with Crippen molar-refractivity contribution < 1.29 is 9.53 Å². The molecule has 0 fully saturated rings. The summed E-state index contributed by atoms with van der Waals surface area (Å²) in [7, 11) is 0. The van der Waals surface area contributed by atoms with Gasteiger partial charge in [0.05, 0.1) is 10.6 Å². The zero-order valence-electron chi connectivity index (χ0n) is 17.1. The Morgan fingerprint density at radius 2 is 1.87 bits per heavy atom. The van der Waals surface area contributed by atoms with E-state index in [1.54, 1.807) is 41.8 Å². The molecular formula is C23H21N5O2S. The van der Waals surface area contributed by atoms with Crippen LogP contribution < -0.4 is 15.8 Å². The van der Waals surface area contributed by atoms with Crippen molar-refractivity contribution in [2.45, 2.75) is 19.8 Å². The van der Waals surface area contributed by atoms with Gasteiger partial charge in [0.15, 0.2) is 0 Å². The number of anilines is 2. The van der Waals surface area contributed by atoms with Gasteiger partial charge in [-0.1, -0.05) is 55.5 Å². The van der Waals surface area contributed by atoms with E-state index in [2.05, 4.69) is 29.1 Å². The molecule has 0 bridgehead atoms. The first-order valence-corrected chi connectivity index (χ1v) is 10.5. The number of benzene rings is 1. The Kier molecular flexibility index (Phi) is 5.90. The quantitative estimate of drug-likeness (QED) is 0.408. The molecule has 8 heteroatoms. The summed E-state index contributed by atoms with van der Waals surface area (Å²) in [6.07, 6.45) is 3.07. The number of nitrogens with zero attached hydrogens (tertiary/aromatic N) is 3. The molecular weight excluding hydrogens is 410 g/mol. The van der Waals surface area contributed by atoms with Crippen LogP contribution in [0.4, 0.5) is 11.6 Å². The predicted octanol–water partition coefficient (Wildman–Crippen LogP) is 5.36. The molecule has 7 nitrogen and oxygen atoms in total. The summed E-state index contributed by atoms with van der Waals surface area (Å²) in [5.41, 5.74) is 7.42. The van der Waals surface area contributed by atoms with E-state index in [0.717, 1.165) is 21.3 Å². The van der Waals surface area contributed by atoms with Gasteiger partial charge in [0.1, 0.15) is 23.1 Å². The number of hydrogen-bond acceptors (Lipinski definition) is 7. The minimum Gasteiger partial charge on any atom is -0.444 e. The number of aromatic nitrogens is 3. The van der Waals surface area contributed by atoms with Crippen LogP contribution >= 0.6 is 11.3 Å². The fourth-order valence-electron chi connectivity index (χ4n) is 2.81. The first-order valence-electron chi connectivity index (χ1n) is 9.72. The molecule has 3 aromatic heterocycles. The van der Waals surface area contributed by atoms with E-state index >= 15 is 0 Å². The van der Waals surface area contributed by atoms with E-state index in [9.17, 15) is 4.79 Å². The number of primary amides is 1. The summed E-state index contributed by atoms with van der Waals surface area (Å²) in [6, 6.07) is 16.8. The molecule has 0 aliphatic heterocycles. The molecule has 0 saturated heterocycles. The largest absolute Gasteiger partial charge is 0.444 e. The van der Waals surface area contributed by atoms with E-state index < -0.39 is 5.91 Å². The first-order chi connectivity index (χ1) is 15.0. The molecule has 0 atom stereocenters. The highest BCUT2D eigenvalue weighted by Crippen LogP contribution is 2.40. The average molecular weight is 432 g/mol. The Hall–Kier alpha value is -3.78. The van der Waals surface area contributed by atoms with Crippen molar-refractivity contribution in [3.05, 3.63) is 77.6 Å². The fourth-order valence-corrected chi connectivity index (χ4v) is 3.77. The van der Waals surface area contributed by atoms with Crippen molar-refractivity contribution in [3.63, 3.8) is 0 Å². The normalized spacial score (nSPS) is 10.8. The Bertz CT molecular complexity index is 1190. The van der Waals surface area contributed by atoms with Gasteiger partial charge < -0.3 is 15.8 Å². The second-order valence-electron chi connectivity index (χ2n) is 7.11. The molecule has 0 spiro atoms. The second kappa shape index (κ2) is 8.93. The number of pyridine rings is 2. The number of carbonyl (C=O) groups is 1. The maximum Gasteiger partial charge on any atom is 0.250 e. The summed E-state index contributed by atoms with van der Waals surface area (Å²) in [5.74, 6) is 1.51. The van der Waals surface area contributed by atoms with E-state index in [1.165, 1.54) is 6.20 Å². The molecule has 4 aromatic rings. The van der Waals surface area contributed by atoms with Crippen LogP contribution in [0.25, 0.3) is 11.3 Å². The second-order valence-corrected chi connectivity index (χ2v) is 8.10. The molecule has 1 amide bonds. The third kappa shape index (κ3) is 4.87. The lowest BCUT2D eigenvalue weighted by molar-refractivity contribution is 0.1000. The predicted molar refractivity (Wildman–Crippen MR) is 122 cm³/mol. The van der Waals surface area contributed by atoms with Gasteiger partial charge in [-0.15, -0.1) is 0 Å². The standard InChI is InChI=1S/C23H21N5O2S/c1-14(2)22-28-20(15-6-4-3-5-7-15)23(31-22)30-17-10-11-25-19(12-17)27-18-9-8-16(13-26-18)21(24)29/h3-14H,1-2H3,(H2,24,29)(H,25,26,27). The van der Waals surface area contributed by atoms with Crippen LogP contribution in [0.15, 0.2) is 67.0 Å². The SMILES string of the molecule is CC(C)c1nc(-c2ccccc2)c(Oc2ccnc(Nc3ccc(C(N)=O)cn3)c2)s1. The van der Waals surface area contributed by atoms with Gasteiger partial charge in [-0.2, -0.15) is 0 Å².